The molecule has 0 saturated heterocycles. The van der Waals surface area contributed by atoms with Crippen molar-refractivity contribution in [3.63, 3.8) is 0 Å². The molecule has 0 radical (unpaired) electrons. The first-order valence-electron chi connectivity index (χ1n) is 7.08. The normalized spacial score (nSPS) is 12.7. The van der Waals surface area contributed by atoms with Crippen LogP contribution in [0.25, 0.3) is 0 Å². The van der Waals surface area contributed by atoms with E-state index in [4.69, 9.17) is 0 Å². The molecule has 0 spiro atoms. The van der Waals surface area contributed by atoms with Crippen molar-refractivity contribution >= 4 is 15.9 Å². The van der Waals surface area contributed by atoms with Crippen LogP contribution >= 0.6 is 0 Å². The van der Waals surface area contributed by atoms with E-state index < -0.39 is 9.84 Å². The van der Waals surface area contributed by atoms with E-state index in [2.05, 4.69) is 15.5 Å². The quantitative estimate of drug-likeness (QED) is 0.869. The summed E-state index contributed by atoms with van der Waals surface area (Å²) in [6, 6.07) is 7.92. The number of hydrogen-bond acceptors (Lipinski definition) is 4. The zero-order valence-electron chi connectivity index (χ0n) is 13.3. The first-order valence-corrected chi connectivity index (χ1v) is 8.97. The third-order valence-corrected chi connectivity index (χ3v) is 4.81. The fraction of sp³-hybridized carbons (Fsp3) is 0.333. The van der Waals surface area contributed by atoms with Gasteiger partial charge in [0, 0.05) is 19.5 Å². The number of nitrogens with zero attached hydrogens (tertiary/aromatic N) is 2. The molecule has 0 aliphatic rings. The topological polar surface area (TPSA) is 95.2 Å². The molecular weight excluding hydrogens is 316 g/mol. The molecule has 1 aromatic heterocycles. The summed E-state index contributed by atoms with van der Waals surface area (Å²) in [5.41, 5.74) is 1.67. The minimum absolute atomic E-state index is 0.189. The Morgan fingerprint density at radius 3 is 2.48 bits per heavy atom. The number of carbonyl (C=O) groups excluding carboxylic acids is 1. The highest BCUT2D eigenvalue weighted by molar-refractivity contribution is 7.90. The predicted octanol–water partition coefficient (Wildman–Crippen LogP) is 1.72. The number of benzene rings is 1. The third-order valence-electron chi connectivity index (χ3n) is 3.68. The van der Waals surface area contributed by atoms with E-state index >= 15 is 0 Å². The standard InChI is InChI=1S/C15H20N4O3S/c1-11(12-4-6-14(7-5-12)23(3,21)22)19(2)15(20)16-10-13-8-9-17-18-13/h4-9,11H,10H2,1-3H3,(H,16,20)(H,17,18). The largest absolute Gasteiger partial charge is 0.332 e. The number of carbonyl (C=O) groups is 1. The zero-order valence-corrected chi connectivity index (χ0v) is 14.1. The molecule has 0 bridgehead atoms. The molecule has 0 aliphatic heterocycles. The van der Waals surface area contributed by atoms with Gasteiger partial charge in [0.25, 0.3) is 0 Å². The van der Waals surface area contributed by atoms with E-state index in [0.717, 1.165) is 11.3 Å². The van der Waals surface area contributed by atoms with Gasteiger partial charge in [0.1, 0.15) is 0 Å². The first-order chi connectivity index (χ1) is 10.8. The number of aromatic nitrogens is 2. The van der Waals surface area contributed by atoms with Gasteiger partial charge in [0.05, 0.1) is 23.2 Å². The molecule has 1 aromatic carbocycles. The Bertz CT molecular complexity index is 755. The molecule has 23 heavy (non-hydrogen) atoms. The average molecular weight is 336 g/mol. The third kappa shape index (κ3) is 4.32. The molecule has 2 rings (SSSR count). The molecule has 2 N–H and O–H groups in total. The lowest BCUT2D eigenvalue weighted by Crippen LogP contribution is -2.38. The van der Waals surface area contributed by atoms with Crippen molar-refractivity contribution in [3.05, 3.63) is 47.8 Å². The number of nitrogens with one attached hydrogen (secondary N) is 2. The highest BCUT2D eigenvalue weighted by Crippen LogP contribution is 2.20. The summed E-state index contributed by atoms with van der Waals surface area (Å²) in [4.78, 5) is 14.0. The molecule has 8 heteroatoms. The lowest BCUT2D eigenvalue weighted by atomic mass is 10.1. The van der Waals surface area contributed by atoms with Crippen LogP contribution in [0.15, 0.2) is 41.4 Å². The number of rotatable bonds is 5. The number of sulfone groups is 1. The lowest BCUT2D eigenvalue weighted by Gasteiger charge is -2.25. The van der Waals surface area contributed by atoms with E-state index in [0.29, 0.717) is 6.54 Å². The van der Waals surface area contributed by atoms with Gasteiger partial charge in [0.2, 0.25) is 0 Å². The van der Waals surface area contributed by atoms with Crippen LogP contribution in [0.4, 0.5) is 4.79 Å². The minimum Gasteiger partial charge on any atom is -0.332 e. The molecule has 2 amide bonds. The van der Waals surface area contributed by atoms with E-state index in [-0.39, 0.29) is 17.0 Å². The van der Waals surface area contributed by atoms with Crippen molar-refractivity contribution in [1.29, 1.82) is 0 Å². The number of hydrogen-bond donors (Lipinski definition) is 2. The number of aromatic amines is 1. The number of H-pyrrole nitrogens is 1. The van der Waals surface area contributed by atoms with Gasteiger partial charge in [-0.2, -0.15) is 5.10 Å². The highest BCUT2D eigenvalue weighted by Gasteiger charge is 2.18. The maximum Gasteiger partial charge on any atom is 0.317 e. The van der Waals surface area contributed by atoms with Gasteiger partial charge in [0.15, 0.2) is 9.84 Å². The lowest BCUT2D eigenvalue weighted by molar-refractivity contribution is 0.194. The van der Waals surface area contributed by atoms with Crippen molar-refractivity contribution in [1.82, 2.24) is 20.4 Å². The van der Waals surface area contributed by atoms with Gasteiger partial charge >= 0.3 is 6.03 Å². The van der Waals surface area contributed by atoms with Gasteiger partial charge in [-0.15, -0.1) is 0 Å². The Kier molecular flexibility index (Phi) is 5.05. The van der Waals surface area contributed by atoms with Crippen LogP contribution in [0.3, 0.4) is 0 Å². The SMILES string of the molecule is CC(c1ccc(S(C)(=O)=O)cc1)N(C)C(=O)NCc1ccn[nH]1. The fourth-order valence-electron chi connectivity index (χ4n) is 2.07. The van der Waals surface area contributed by atoms with Crippen molar-refractivity contribution in [3.8, 4) is 0 Å². The van der Waals surface area contributed by atoms with Crippen LogP contribution in [0.1, 0.15) is 24.2 Å². The minimum atomic E-state index is -3.22. The van der Waals surface area contributed by atoms with Gasteiger partial charge in [-0.25, -0.2) is 13.2 Å². The van der Waals surface area contributed by atoms with Crippen molar-refractivity contribution in [2.75, 3.05) is 13.3 Å². The molecule has 1 heterocycles. The second-order valence-corrected chi connectivity index (χ2v) is 7.38. The summed E-state index contributed by atoms with van der Waals surface area (Å²) < 4.78 is 22.9. The van der Waals surface area contributed by atoms with Gasteiger partial charge in [-0.05, 0) is 30.7 Å². The maximum atomic E-state index is 12.2. The summed E-state index contributed by atoms with van der Waals surface area (Å²) in [5.74, 6) is 0. The molecular formula is C15H20N4O3S. The molecule has 1 unspecified atom stereocenters. The molecule has 0 fully saturated rings. The fourth-order valence-corrected chi connectivity index (χ4v) is 2.70. The molecule has 124 valence electrons. The van der Waals surface area contributed by atoms with E-state index in [9.17, 15) is 13.2 Å². The number of amides is 2. The van der Waals surface area contributed by atoms with Crippen LogP contribution < -0.4 is 5.32 Å². The summed E-state index contributed by atoms with van der Waals surface area (Å²) >= 11 is 0. The summed E-state index contributed by atoms with van der Waals surface area (Å²) in [6.45, 7) is 2.24. The van der Waals surface area contributed by atoms with Gasteiger partial charge < -0.3 is 10.2 Å². The molecule has 7 nitrogen and oxygen atoms in total. The molecule has 0 aliphatic carbocycles. The molecule has 2 aromatic rings. The van der Waals surface area contributed by atoms with E-state index in [1.165, 1.54) is 6.26 Å². The predicted molar refractivity (Wildman–Crippen MR) is 86.6 cm³/mol. The van der Waals surface area contributed by atoms with Crippen LogP contribution in [-0.2, 0) is 16.4 Å². The smallest absolute Gasteiger partial charge is 0.317 e. The second kappa shape index (κ2) is 6.82. The van der Waals surface area contributed by atoms with Crippen molar-refractivity contribution in [2.24, 2.45) is 0 Å². The Balaban J connectivity index is 2.00. The summed E-state index contributed by atoms with van der Waals surface area (Å²) in [5, 5.41) is 9.38. The van der Waals surface area contributed by atoms with E-state index in [1.54, 1.807) is 48.5 Å². The average Bonchev–Trinajstić information content (AvgIpc) is 3.04. The molecule has 1 atom stereocenters. The molecule has 0 saturated carbocycles. The Labute approximate surface area is 135 Å². The monoisotopic (exact) mass is 336 g/mol. The Hall–Kier alpha value is -2.35. The summed E-state index contributed by atoms with van der Waals surface area (Å²) in [6.07, 6.45) is 2.79. The zero-order chi connectivity index (χ0) is 17.0. The van der Waals surface area contributed by atoms with Crippen molar-refractivity contribution in [2.45, 2.75) is 24.4 Å². The Morgan fingerprint density at radius 2 is 1.96 bits per heavy atom. The van der Waals surface area contributed by atoms with Gasteiger partial charge in [-0.1, -0.05) is 12.1 Å². The van der Waals surface area contributed by atoms with E-state index in [1.807, 2.05) is 6.92 Å². The first kappa shape index (κ1) is 17.0. The van der Waals surface area contributed by atoms with Crippen LogP contribution in [0.2, 0.25) is 0 Å². The van der Waals surface area contributed by atoms with Gasteiger partial charge in [-0.3, -0.25) is 5.10 Å². The van der Waals surface area contributed by atoms with Crippen LogP contribution in [0.5, 0.6) is 0 Å². The van der Waals surface area contributed by atoms with Crippen molar-refractivity contribution < 1.29 is 13.2 Å². The second-order valence-electron chi connectivity index (χ2n) is 5.37. The maximum absolute atomic E-state index is 12.2. The summed E-state index contributed by atoms with van der Waals surface area (Å²) in [7, 11) is -1.53. The Morgan fingerprint density at radius 1 is 1.30 bits per heavy atom. The van der Waals surface area contributed by atoms with Crippen LogP contribution in [-0.4, -0.2) is 42.8 Å². The number of urea groups is 1. The van der Waals surface area contributed by atoms with Crippen LogP contribution in [0, 0.1) is 0 Å². The highest BCUT2D eigenvalue weighted by atomic mass is 32.2.